The van der Waals surface area contributed by atoms with Crippen molar-refractivity contribution >= 4 is 0 Å². The standard InChI is InChI=1S/C17H21NO/c1-12-6-7-14(10-13(12)2)11-18-16-4-3-5-17-15(16)8-9-19-17/h6-10,16,18H,3-5,11H2,1-2H3. The second kappa shape index (κ2) is 5.22. The molecule has 0 saturated carbocycles. The van der Waals surface area contributed by atoms with Crippen molar-refractivity contribution in [3.8, 4) is 0 Å². The Kier molecular flexibility index (Phi) is 3.43. The predicted octanol–water partition coefficient (Wildman–Crippen LogP) is 4.06. The van der Waals surface area contributed by atoms with Crippen molar-refractivity contribution in [2.24, 2.45) is 0 Å². The van der Waals surface area contributed by atoms with Crippen LogP contribution in [0.25, 0.3) is 0 Å². The maximum absolute atomic E-state index is 5.53. The van der Waals surface area contributed by atoms with Crippen LogP contribution in [0.4, 0.5) is 0 Å². The molecule has 0 fully saturated rings. The fourth-order valence-corrected chi connectivity index (χ4v) is 2.85. The zero-order chi connectivity index (χ0) is 13.2. The van der Waals surface area contributed by atoms with Crippen LogP contribution in [-0.2, 0) is 13.0 Å². The van der Waals surface area contributed by atoms with Crippen molar-refractivity contribution in [3.05, 3.63) is 58.5 Å². The van der Waals surface area contributed by atoms with Crippen molar-refractivity contribution in [2.75, 3.05) is 0 Å². The van der Waals surface area contributed by atoms with E-state index in [2.05, 4.69) is 43.4 Å². The molecule has 2 nitrogen and oxygen atoms in total. The van der Waals surface area contributed by atoms with Crippen LogP contribution in [0.5, 0.6) is 0 Å². The fourth-order valence-electron chi connectivity index (χ4n) is 2.85. The maximum atomic E-state index is 5.53. The quantitative estimate of drug-likeness (QED) is 0.894. The molecule has 2 aromatic rings. The first-order valence-electron chi connectivity index (χ1n) is 7.10. The topological polar surface area (TPSA) is 25.2 Å². The first-order valence-corrected chi connectivity index (χ1v) is 7.10. The molecule has 1 atom stereocenters. The number of nitrogens with one attached hydrogen (secondary N) is 1. The van der Waals surface area contributed by atoms with Crippen molar-refractivity contribution < 1.29 is 4.42 Å². The average molecular weight is 255 g/mol. The molecular weight excluding hydrogens is 234 g/mol. The van der Waals surface area contributed by atoms with Crippen LogP contribution < -0.4 is 5.32 Å². The second-order valence-corrected chi connectivity index (χ2v) is 5.54. The molecule has 0 bridgehead atoms. The van der Waals surface area contributed by atoms with E-state index in [1.807, 2.05) is 6.26 Å². The summed E-state index contributed by atoms with van der Waals surface area (Å²) < 4.78 is 5.53. The normalized spacial score (nSPS) is 18.3. The van der Waals surface area contributed by atoms with Crippen molar-refractivity contribution in [1.82, 2.24) is 5.32 Å². The Labute approximate surface area is 114 Å². The van der Waals surface area contributed by atoms with Gasteiger partial charge in [0.15, 0.2) is 0 Å². The van der Waals surface area contributed by atoms with Gasteiger partial charge in [-0.25, -0.2) is 0 Å². The number of aryl methyl sites for hydroxylation is 3. The molecule has 1 aliphatic carbocycles. The molecule has 1 unspecified atom stereocenters. The molecule has 1 aliphatic rings. The van der Waals surface area contributed by atoms with E-state index < -0.39 is 0 Å². The molecule has 0 amide bonds. The first-order chi connectivity index (χ1) is 9.24. The van der Waals surface area contributed by atoms with Gasteiger partial charge in [0, 0.05) is 24.6 Å². The molecule has 0 spiro atoms. The molecule has 100 valence electrons. The Bertz CT molecular complexity index is 570. The molecular formula is C17H21NO. The fraction of sp³-hybridized carbons (Fsp3) is 0.412. The lowest BCUT2D eigenvalue weighted by Crippen LogP contribution is -2.24. The Balaban J connectivity index is 1.69. The number of fused-ring (bicyclic) bond motifs is 1. The van der Waals surface area contributed by atoms with E-state index in [1.54, 1.807) is 0 Å². The minimum absolute atomic E-state index is 0.448. The third-order valence-corrected chi connectivity index (χ3v) is 4.18. The summed E-state index contributed by atoms with van der Waals surface area (Å²) in [5.41, 5.74) is 5.44. The summed E-state index contributed by atoms with van der Waals surface area (Å²) >= 11 is 0. The SMILES string of the molecule is Cc1ccc(CNC2CCCc3occc32)cc1C. The number of rotatable bonds is 3. The number of benzene rings is 1. The Morgan fingerprint density at radius 3 is 2.95 bits per heavy atom. The largest absolute Gasteiger partial charge is 0.469 e. The summed E-state index contributed by atoms with van der Waals surface area (Å²) in [7, 11) is 0. The number of hydrogen-bond acceptors (Lipinski definition) is 2. The summed E-state index contributed by atoms with van der Waals surface area (Å²) in [6, 6.07) is 9.27. The van der Waals surface area contributed by atoms with Crippen LogP contribution in [-0.4, -0.2) is 0 Å². The Morgan fingerprint density at radius 2 is 2.11 bits per heavy atom. The van der Waals surface area contributed by atoms with Crippen LogP contribution in [0.2, 0.25) is 0 Å². The van der Waals surface area contributed by atoms with Gasteiger partial charge in [0.2, 0.25) is 0 Å². The minimum Gasteiger partial charge on any atom is -0.469 e. The third-order valence-electron chi connectivity index (χ3n) is 4.18. The zero-order valence-electron chi connectivity index (χ0n) is 11.7. The van der Waals surface area contributed by atoms with Crippen LogP contribution in [0, 0.1) is 13.8 Å². The monoisotopic (exact) mass is 255 g/mol. The molecule has 19 heavy (non-hydrogen) atoms. The highest BCUT2D eigenvalue weighted by atomic mass is 16.3. The van der Waals surface area contributed by atoms with Gasteiger partial charge in [0.25, 0.3) is 0 Å². The minimum atomic E-state index is 0.448. The highest BCUT2D eigenvalue weighted by Gasteiger charge is 2.21. The van der Waals surface area contributed by atoms with Crippen molar-refractivity contribution in [3.63, 3.8) is 0 Å². The Hall–Kier alpha value is -1.54. The summed E-state index contributed by atoms with van der Waals surface area (Å²) in [6.07, 6.45) is 5.33. The van der Waals surface area contributed by atoms with E-state index in [0.29, 0.717) is 6.04 Å². The number of furan rings is 1. The zero-order valence-corrected chi connectivity index (χ0v) is 11.7. The smallest absolute Gasteiger partial charge is 0.108 e. The number of hydrogen-bond donors (Lipinski definition) is 1. The predicted molar refractivity (Wildman–Crippen MR) is 77.1 cm³/mol. The van der Waals surface area contributed by atoms with Gasteiger partial charge in [-0.1, -0.05) is 18.2 Å². The third kappa shape index (κ3) is 2.59. The van der Waals surface area contributed by atoms with Gasteiger partial charge >= 0.3 is 0 Å². The van der Waals surface area contributed by atoms with Crippen LogP contribution in [0.1, 0.15) is 46.9 Å². The van der Waals surface area contributed by atoms with Crippen molar-refractivity contribution in [2.45, 2.75) is 45.7 Å². The summed E-state index contributed by atoms with van der Waals surface area (Å²) in [5.74, 6) is 1.17. The molecule has 1 aromatic heterocycles. The van der Waals surface area contributed by atoms with Gasteiger partial charge < -0.3 is 9.73 Å². The summed E-state index contributed by atoms with van der Waals surface area (Å²) in [5, 5.41) is 3.67. The second-order valence-electron chi connectivity index (χ2n) is 5.54. The van der Waals surface area contributed by atoms with Gasteiger partial charge in [-0.3, -0.25) is 0 Å². The van der Waals surface area contributed by atoms with Crippen LogP contribution in [0.3, 0.4) is 0 Å². The van der Waals surface area contributed by atoms with Gasteiger partial charge in [0.05, 0.1) is 6.26 Å². The summed E-state index contributed by atoms with van der Waals surface area (Å²) in [4.78, 5) is 0. The molecule has 1 heterocycles. The molecule has 1 N–H and O–H groups in total. The lowest BCUT2D eigenvalue weighted by atomic mass is 9.93. The maximum Gasteiger partial charge on any atom is 0.108 e. The summed E-state index contributed by atoms with van der Waals surface area (Å²) in [6.45, 7) is 5.26. The van der Waals surface area contributed by atoms with Crippen LogP contribution in [0.15, 0.2) is 34.9 Å². The van der Waals surface area contributed by atoms with E-state index >= 15 is 0 Å². The van der Waals surface area contributed by atoms with E-state index in [0.717, 1.165) is 13.0 Å². The lowest BCUT2D eigenvalue weighted by molar-refractivity contribution is 0.411. The van der Waals surface area contributed by atoms with Gasteiger partial charge in [-0.15, -0.1) is 0 Å². The molecule has 3 rings (SSSR count). The molecule has 0 saturated heterocycles. The lowest BCUT2D eigenvalue weighted by Gasteiger charge is -2.23. The van der Waals surface area contributed by atoms with E-state index in [-0.39, 0.29) is 0 Å². The molecule has 0 aliphatic heterocycles. The molecule has 2 heteroatoms. The highest BCUT2D eigenvalue weighted by Crippen LogP contribution is 2.30. The Morgan fingerprint density at radius 1 is 1.21 bits per heavy atom. The first kappa shape index (κ1) is 12.5. The van der Waals surface area contributed by atoms with E-state index in [4.69, 9.17) is 4.42 Å². The van der Waals surface area contributed by atoms with E-state index in [1.165, 1.54) is 40.9 Å². The van der Waals surface area contributed by atoms with Gasteiger partial charge in [-0.05, 0) is 49.4 Å². The van der Waals surface area contributed by atoms with Crippen LogP contribution >= 0.6 is 0 Å². The van der Waals surface area contributed by atoms with Gasteiger partial charge in [-0.2, -0.15) is 0 Å². The van der Waals surface area contributed by atoms with Crippen molar-refractivity contribution in [1.29, 1.82) is 0 Å². The molecule has 1 aromatic carbocycles. The van der Waals surface area contributed by atoms with Gasteiger partial charge in [0.1, 0.15) is 5.76 Å². The average Bonchev–Trinajstić information content (AvgIpc) is 2.89. The van der Waals surface area contributed by atoms with E-state index in [9.17, 15) is 0 Å². The molecule has 0 radical (unpaired) electrons. The highest BCUT2D eigenvalue weighted by molar-refractivity contribution is 5.30.